The summed E-state index contributed by atoms with van der Waals surface area (Å²) in [4.78, 5) is 12.5. The third-order valence-electron chi connectivity index (χ3n) is 13.6. The molecule has 0 heterocycles. The molecule has 0 radical (unpaired) electrons. The third kappa shape index (κ3) is 2.75. The smallest absolute Gasteiger partial charge is 0.312 e. The topological polar surface area (TPSA) is 57.5 Å². The normalized spacial score (nSPS) is 57.9. The molecule has 5 saturated carbocycles. The highest BCUT2D eigenvalue weighted by Crippen LogP contribution is 2.77. The van der Waals surface area contributed by atoms with Crippen molar-refractivity contribution in [3.63, 3.8) is 0 Å². The zero-order valence-electron chi connectivity index (χ0n) is 22.0. The summed E-state index contributed by atoms with van der Waals surface area (Å²) in [6.45, 7) is 18.8. The van der Waals surface area contributed by atoms with Crippen LogP contribution in [0.1, 0.15) is 106 Å². The van der Waals surface area contributed by atoms with Gasteiger partial charge in [-0.1, -0.05) is 39.8 Å². The molecule has 3 nitrogen and oxygen atoms in total. The zero-order chi connectivity index (χ0) is 24.2. The lowest BCUT2D eigenvalue weighted by molar-refractivity contribution is -0.250. The Bertz CT molecular complexity index is 865. The van der Waals surface area contributed by atoms with E-state index in [4.69, 9.17) is 0 Å². The van der Waals surface area contributed by atoms with Crippen LogP contribution in [0.25, 0.3) is 0 Å². The van der Waals surface area contributed by atoms with Gasteiger partial charge in [-0.25, -0.2) is 0 Å². The Morgan fingerprint density at radius 2 is 1.52 bits per heavy atom. The van der Waals surface area contributed by atoms with E-state index < -0.39 is 17.5 Å². The summed E-state index contributed by atoms with van der Waals surface area (Å²) < 4.78 is 0. The fraction of sp³-hybridized carbons (Fsp3) is 0.900. The summed E-state index contributed by atoms with van der Waals surface area (Å²) in [6, 6.07) is 0. The summed E-state index contributed by atoms with van der Waals surface area (Å²) in [7, 11) is 0. The molecule has 5 rings (SSSR count). The molecule has 0 saturated heterocycles. The van der Waals surface area contributed by atoms with Gasteiger partial charge in [-0.3, -0.25) is 4.79 Å². The molecule has 0 aromatic carbocycles. The molecular formula is C30H48O3. The van der Waals surface area contributed by atoms with Crippen molar-refractivity contribution < 1.29 is 15.0 Å². The number of aliphatic hydroxyl groups excluding tert-OH is 1. The van der Waals surface area contributed by atoms with Crippen LogP contribution in [0.2, 0.25) is 0 Å². The average Bonchev–Trinajstić information content (AvgIpc) is 3.09. The fourth-order valence-corrected chi connectivity index (χ4v) is 11.5. The highest BCUT2D eigenvalue weighted by molar-refractivity contribution is 5.76. The lowest BCUT2D eigenvalue weighted by Gasteiger charge is -2.72. The molecule has 0 unspecified atom stereocenters. The SMILES string of the molecule is C=C(C)[C@@H]1CC[C@]2(C)CC[C@]3(C)[C@H](CC[C@@H]4[C@@]5(C)CC[C@@H](O)[C@](C)(C(=O)O)[C@@H]5CC[C@]43C)[C@@H]12. The molecule has 0 aromatic rings. The molecule has 5 aliphatic carbocycles. The molecule has 0 bridgehead atoms. The predicted octanol–water partition coefficient (Wildman–Crippen LogP) is 7.09. The fourth-order valence-electron chi connectivity index (χ4n) is 11.5. The number of hydrogen-bond donors (Lipinski definition) is 2. The molecule has 0 aromatic heterocycles. The highest BCUT2D eigenvalue weighted by Gasteiger charge is 2.71. The Balaban J connectivity index is 1.55. The summed E-state index contributed by atoms with van der Waals surface area (Å²) in [5.74, 6) is 2.00. The second-order valence-corrected chi connectivity index (χ2v) is 14.5. The van der Waals surface area contributed by atoms with E-state index in [-0.39, 0.29) is 16.7 Å². The summed E-state index contributed by atoms with van der Waals surface area (Å²) in [5.41, 5.74) is 1.39. The van der Waals surface area contributed by atoms with Gasteiger partial charge in [0.05, 0.1) is 11.5 Å². The number of carbonyl (C=O) groups is 1. The van der Waals surface area contributed by atoms with Crippen LogP contribution in [-0.4, -0.2) is 22.3 Å². The third-order valence-corrected chi connectivity index (χ3v) is 13.6. The predicted molar refractivity (Wildman–Crippen MR) is 133 cm³/mol. The van der Waals surface area contributed by atoms with Gasteiger partial charge in [0.15, 0.2) is 0 Å². The first-order valence-corrected chi connectivity index (χ1v) is 13.8. The van der Waals surface area contributed by atoms with Crippen molar-refractivity contribution in [2.24, 2.45) is 56.7 Å². The van der Waals surface area contributed by atoms with Crippen LogP contribution in [0.5, 0.6) is 0 Å². The second-order valence-electron chi connectivity index (χ2n) is 14.5. The minimum Gasteiger partial charge on any atom is -0.481 e. The van der Waals surface area contributed by atoms with Gasteiger partial charge in [-0.2, -0.15) is 0 Å². The van der Waals surface area contributed by atoms with Crippen molar-refractivity contribution in [1.82, 2.24) is 0 Å². The number of carboxylic acids is 1. The van der Waals surface area contributed by atoms with E-state index >= 15 is 0 Å². The first-order chi connectivity index (χ1) is 15.3. The maximum atomic E-state index is 12.5. The van der Waals surface area contributed by atoms with Crippen molar-refractivity contribution in [3.8, 4) is 0 Å². The van der Waals surface area contributed by atoms with E-state index in [1.54, 1.807) is 0 Å². The lowest BCUT2D eigenvalue weighted by atomic mass is 9.32. The van der Waals surface area contributed by atoms with E-state index in [0.717, 1.165) is 31.1 Å². The zero-order valence-corrected chi connectivity index (χ0v) is 22.0. The summed E-state index contributed by atoms with van der Waals surface area (Å²) in [6.07, 6.45) is 10.8. The van der Waals surface area contributed by atoms with Gasteiger partial charge < -0.3 is 10.2 Å². The molecule has 5 aliphatic rings. The van der Waals surface area contributed by atoms with Gasteiger partial charge in [-0.15, -0.1) is 0 Å². The Morgan fingerprint density at radius 3 is 2.15 bits per heavy atom. The van der Waals surface area contributed by atoms with Crippen LogP contribution in [0.15, 0.2) is 12.2 Å². The van der Waals surface area contributed by atoms with Gasteiger partial charge in [0.1, 0.15) is 0 Å². The summed E-state index contributed by atoms with van der Waals surface area (Å²) >= 11 is 0. The minimum absolute atomic E-state index is 0.00245. The quantitative estimate of drug-likeness (QED) is 0.436. The first-order valence-electron chi connectivity index (χ1n) is 13.8. The molecule has 2 N–H and O–H groups in total. The van der Waals surface area contributed by atoms with Gasteiger partial charge >= 0.3 is 5.97 Å². The van der Waals surface area contributed by atoms with E-state index in [1.807, 2.05) is 6.92 Å². The minimum atomic E-state index is -1.02. The Labute approximate surface area is 201 Å². The molecular weight excluding hydrogens is 408 g/mol. The number of aliphatic carboxylic acids is 1. The van der Waals surface area contributed by atoms with Crippen molar-refractivity contribution >= 4 is 5.97 Å². The molecule has 186 valence electrons. The molecule has 5 fully saturated rings. The first kappa shape index (κ1) is 23.9. The number of carboxylic acid groups (broad SMARTS) is 1. The molecule has 3 heteroatoms. The van der Waals surface area contributed by atoms with Crippen LogP contribution in [0.3, 0.4) is 0 Å². The standard InChI is InChI=1S/C30H48O3/c1-18(2)19-10-13-26(3)16-17-28(5)20(24(19)26)8-9-21-27(4)14-12-23(31)30(7,25(32)33)22(27)11-15-29(21,28)6/h19-24,31H,1,8-17H2,2-7H3,(H,32,33)/t19-,20+,21+,22+,23+,24+,26+,27+,28+,29+,30+/m0/s1. The number of fused-ring (bicyclic) bond motifs is 7. The molecule has 33 heavy (non-hydrogen) atoms. The lowest BCUT2D eigenvalue weighted by Crippen LogP contribution is -2.67. The van der Waals surface area contributed by atoms with E-state index in [2.05, 4.69) is 41.2 Å². The van der Waals surface area contributed by atoms with Crippen LogP contribution < -0.4 is 0 Å². The van der Waals surface area contributed by atoms with E-state index in [1.165, 1.54) is 44.1 Å². The molecule has 0 aliphatic heterocycles. The van der Waals surface area contributed by atoms with Gasteiger partial charge in [0, 0.05) is 0 Å². The van der Waals surface area contributed by atoms with Gasteiger partial charge in [-0.05, 0) is 129 Å². The summed E-state index contributed by atoms with van der Waals surface area (Å²) in [5, 5.41) is 21.1. The monoisotopic (exact) mass is 456 g/mol. The molecule has 0 spiro atoms. The maximum absolute atomic E-state index is 12.5. The van der Waals surface area contributed by atoms with Gasteiger partial charge in [0.25, 0.3) is 0 Å². The van der Waals surface area contributed by atoms with E-state index in [9.17, 15) is 15.0 Å². The number of rotatable bonds is 2. The number of allylic oxidation sites excluding steroid dienone is 1. The van der Waals surface area contributed by atoms with Crippen LogP contribution in [0.4, 0.5) is 0 Å². The van der Waals surface area contributed by atoms with Crippen LogP contribution in [0, 0.1) is 56.7 Å². The largest absolute Gasteiger partial charge is 0.481 e. The van der Waals surface area contributed by atoms with Crippen LogP contribution >= 0.6 is 0 Å². The Kier molecular flexibility index (Phi) is 5.15. The number of aliphatic hydroxyl groups is 1. The maximum Gasteiger partial charge on any atom is 0.312 e. The highest BCUT2D eigenvalue weighted by atomic mass is 16.4. The van der Waals surface area contributed by atoms with Crippen molar-refractivity contribution in [1.29, 1.82) is 0 Å². The van der Waals surface area contributed by atoms with Gasteiger partial charge in [0.2, 0.25) is 0 Å². The van der Waals surface area contributed by atoms with Crippen LogP contribution in [-0.2, 0) is 4.79 Å². The second kappa shape index (κ2) is 7.11. The Hall–Kier alpha value is -0.830. The van der Waals surface area contributed by atoms with Crippen molar-refractivity contribution in [3.05, 3.63) is 12.2 Å². The van der Waals surface area contributed by atoms with Crippen molar-refractivity contribution in [2.45, 2.75) is 112 Å². The number of hydrogen-bond acceptors (Lipinski definition) is 2. The Morgan fingerprint density at radius 1 is 0.818 bits per heavy atom. The molecule has 0 amide bonds. The van der Waals surface area contributed by atoms with E-state index in [0.29, 0.717) is 29.1 Å². The van der Waals surface area contributed by atoms with Crippen molar-refractivity contribution in [2.75, 3.05) is 0 Å². The average molecular weight is 457 g/mol. The molecule has 11 atom stereocenters.